The molecule has 0 aromatic heterocycles. The van der Waals surface area contributed by atoms with Crippen LogP contribution in [0.4, 0.5) is 0 Å². The summed E-state index contributed by atoms with van der Waals surface area (Å²) in [7, 11) is -1.40. The largest absolute Gasteiger partial charge is 0.127 e. The maximum absolute atomic E-state index is 2.88. The maximum Gasteiger partial charge on any atom is 0.0563 e. The average molecular weight is 501 g/mol. The zero-order chi connectivity index (χ0) is 23.1. The fourth-order valence-electron chi connectivity index (χ4n) is 10.8. The van der Waals surface area contributed by atoms with Gasteiger partial charge in [-0.25, -0.2) is 0 Å². The number of allylic oxidation sites excluding steroid dienone is 4. The highest BCUT2D eigenvalue weighted by molar-refractivity contribution is 8.05. The van der Waals surface area contributed by atoms with Crippen LogP contribution in [0.3, 0.4) is 0 Å². The lowest BCUT2D eigenvalue weighted by Gasteiger charge is -2.49. The molecule has 33 heavy (non-hydrogen) atoms. The van der Waals surface area contributed by atoms with E-state index in [1.165, 1.54) is 25.7 Å². The Morgan fingerprint density at radius 1 is 0.697 bits per heavy atom. The smallest absolute Gasteiger partial charge is 0.0563 e. The highest BCUT2D eigenvalue weighted by Gasteiger charge is 2.62. The fraction of sp³-hybridized carbons (Fsp3) is 0.867. The number of rotatable bonds is 3. The van der Waals surface area contributed by atoms with Gasteiger partial charge >= 0.3 is 0 Å². The average Bonchev–Trinajstić information content (AvgIpc) is 3.48. The Balaban J connectivity index is 1.27. The number of hydrogen-bond donors (Lipinski definition) is 0. The van der Waals surface area contributed by atoms with Gasteiger partial charge in [0, 0.05) is 10.5 Å². The summed E-state index contributed by atoms with van der Waals surface area (Å²) in [4.78, 5) is 3.26. The molecule has 3 heteroatoms. The second-order valence-corrected chi connectivity index (χ2v) is 21.7. The molecule has 0 bridgehead atoms. The second-order valence-electron chi connectivity index (χ2n) is 13.8. The third kappa shape index (κ3) is 3.75. The van der Waals surface area contributed by atoms with Crippen LogP contribution in [-0.2, 0) is 0 Å². The molecule has 184 valence electrons. The van der Waals surface area contributed by atoms with Crippen LogP contribution in [0.2, 0.25) is 24.2 Å². The minimum Gasteiger partial charge on any atom is -0.127 e. The summed E-state index contributed by atoms with van der Waals surface area (Å²) < 4.78 is 0. The summed E-state index contributed by atoms with van der Waals surface area (Å²) >= 11 is 4.59. The molecule has 2 aliphatic heterocycles. The lowest BCUT2D eigenvalue weighted by molar-refractivity contribution is 0.0324. The van der Waals surface area contributed by atoms with Crippen molar-refractivity contribution >= 4 is 31.6 Å². The molecule has 0 radical (unpaired) electrons. The van der Waals surface area contributed by atoms with Gasteiger partial charge in [-0.15, -0.1) is 23.5 Å². The normalized spacial score (nSPS) is 51.7. The standard InChI is InChI=1S/C30H48S2Si/c1-17-9-7-10-18(2)27(17)23-12-8-11-22-21(23)13-14-26(22)33(5,6)30-28-24(15-19(3)31-28)25-16-20(4)32-29(25)30/h15-18,21-30H,7-14H2,1-6H3. The summed E-state index contributed by atoms with van der Waals surface area (Å²) in [5.74, 6) is 7.86. The number of thioether (sulfide) groups is 2. The minimum atomic E-state index is -1.40. The van der Waals surface area contributed by atoms with E-state index in [2.05, 4.69) is 76.5 Å². The van der Waals surface area contributed by atoms with Crippen LogP contribution in [0, 0.1) is 47.3 Å². The summed E-state index contributed by atoms with van der Waals surface area (Å²) in [6.07, 6.45) is 17.7. The molecule has 0 nitrogen and oxygen atoms in total. The summed E-state index contributed by atoms with van der Waals surface area (Å²) in [6, 6.07) is 0. The van der Waals surface area contributed by atoms with E-state index in [4.69, 9.17) is 0 Å². The first-order valence-corrected chi connectivity index (χ1v) is 19.4. The third-order valence-electron chi connectivity index (χ3n) is 11.9. The molecule has 0 amide bonds. The lowest BCUT2D eigenvalue weighted by Crippen LogP contribution is -2.47. The van der Waals surface area contributed by atoms with E-state index in [0.29, 0.717) is 0 Å². The highest BCUT2D eigenvalue weighted by Crippen LogP contribution is 2.68. The van der Waals surface area contributed by atoms with Crippen LogP contribution in [0.15, 0.2) is 22.0 Å². The van der Waals surface area contributed by atoms with Gasteiger partial charge < -0.3 is 0 Å². The van der Waals surface area contributed by atoms with Gasteiger partial charge in [-0.3, -0.25) is 0 Å². The Kier molecular flexibility index (Phi) is 6.31. The van der Waals surface area contributed by atoms with E-state index in [1.54, 1.807) is 35.5 Å². The van der Waals surface area contributed by atoms with Gasteiger partial charge in [0.05, 0.1) is 8.07 Å². The van der Waals surface area contributed by atoms with Gasteiger partial charge in [-0.05, 0) is 94.9 Å². The number of hydrogen-bond acceptors (Lipinski definition) is 2. The van der Waals surface area contributed by atoms with Crippen LogP contribution < -0.4 is 0 Å². The van der Waals surface area contributed by atoms with Gasteiger partial charge in [0.2, 0.25) is 0 Å². The van der Waals surface area contributed by atoms with Crippen molar-refractivity contribution in [2.24, 2.45) is 47.3 Å². The monoisotopic (exact) mass is 500 g/mol. The van der Waals surface area contributed by atoms with Crippen LogP contribution >= 0.6 is 23.5 Å². The molecule has 0 aromatic rings. The Morgan fingerprint density at radius 3 is 1.85 bits per heavy atom. The first kappa shape index (κ1) is 23.8. The number of fused-ring (bicyclic) bond motifs is 4. The van der Waals surface area contributed by atoms with E-state index in [-0.39, 0.29) is 0 Å². The quantitative estimate of drug-likeness (QED) is 0.354. The molecule has 6 aliphatic rings. The van der Waals surface area contributed by atoms with Gasteiger partial charge in [0.1, 0.15) is 0 Å². The summed E-state index contributed by atoms with van der Waals surface area (Å²) in [6.45, 7) is 15.8. The van der Waals surface area contributed by atoms with E-state index >= 15 is 0 Å². The van der Waals surface area contributed by atoms with Gasteiger partial charge in [0.15, 0.2) is 0 Å². The van der Waals surface area contributed by atoms with E-state index in [1.807, 2.05) is 0 Å². The van der Waals surface area contributed by atoms with Crippen molar-refractivity contribution in [3.05, 3.63) is 22.0 Å². The molecule has 0 N–H and O–H groups in total. The highest BCUT2D eigenvalue weighted by atomic mass is 32.2. The first-order valence-electron chi connectivity index (χ1n) is 14.5. The van der Waals surface area contributed by atoms with Crippen LogP contribution in [-0.4, -0.2) is 18.6 Å². The zero-order valence-corrected chi connectivity index (χ0v) is 24.7. The summed E-state index contributed by atoms with van der Waals surface area (Å²) in [5.41, 5.74) is 2.09. The molecule has 0 aromatic carbocycles. The maximum atomic E-state index is 2.88. The van der Waals surface area contributed by atoms with Crippen molar-refractivity contribution in [3.63, 3.8) is 0 Å². The van der Waals surface area contributed by atoms with E-state index in [0.717, 1.165) is 68.9 Å². The van der Waals surface area contributed by atoms with Crippen LogP contribution in [0.25, 0.3) is 0 Å². The molecule has 0 spiro atoms. The topological polar surface area (TPSA) is 0 Å². The molecule has 4 aliphatic carbocycles. The SMILES string of the molecule is CC1=CC2C3C=C(C)SC3C([Si](C)(C)C3CCC4C(C5C(C)CCCC5C)CCCC43)C2S1. The van der Waals surface area contributed by atoms with Crippen molar-refractivity contribution in [1.29, 1.82) is 0 Å². The predicted octanol–water partition coefficient (Wildman–Crippen LogP) is 9.62. The van der Waals surface area contributed by atoms with Crippen molar-refractivity contribution in [2.75, 3.05) is 0 Å². The van der Waals surface area contributed by atoms with Gasteiger partial charge in [0.25, 0.3) is 0 Å². The van der Waals surface area contributed by atoms with Gasteiger partial charge in [-0.1, -0.05) is 77.6 Å². The fourth-order valence-corrected chi connectivity index (χ4v) is 21.2. The molecule has 4 fully saturated rings. The summed E-state index contributed by atoms with van der Waals surface area (Å²) in [5, 5.41) is 1.80. The second kappa shape index (κ2) is 8.75. The molecular formula is C30H48S2Si. The third-order valence-corrected chi connectivity index (χ3v) is 20.2. The lowest BCUT2D eigenvalue weighted by atomic mass is 9.59. The molecule has 2 heterocycles. The van der Waals surface area contributed by atoms with Crippen molar-refractivity contribution < 1.29 is 0 Å². The Labute approximate surface area is 214 Å². The van der Waals surface area contributed by atoms with E-state index < -0.39 is 8.07 Å². The molecule has 10 atom stereocenters. The van der Waals surface area contributed by atoms with Crippen molar-refractivity contribution in [2.45, 2.75) is 114 Å². The Hall–Kier alpha value is 0.397. The predicted molar refractivity (Wildman–Crippen MR) is 151 cm³/mol. The van der Waals surface area contributed by atoms with Crippen molar-refractivity contribution in [3.8, 4) is 0 Å². The van der Waals surface area contributed by atoms with Crippen LogP contribution in [0.5, 0.6) is 0 Å². The molecule has 10 unspecified atom stereocenters. The molecule has 4 saturated carbocycles. The molecule has 0 saturated heterocycles. The zero-order valence-electron chi connectivity index (χ0n) is 22.1. The Morgan fingerprint density at radius 2 is 1.24 bits per heavy atom. The van der Waals surface area contributed by atoms with E-state index in [9.17, 15) is 0 Å². The van der Waals surface area contributed by atoms with Crippen LogP contribution in [0.1, 0.15) is 79.1 Å². The van der Waals surface area contributed by atoms with Crippen molar-refractivity contribution in [1.82, 2.24) is 0 Å². The molecule has 6 rings (SSSR count). The van der Waals surface area contributed by atoms with Gasteiger partial charge in [-0.2, -0.15) is 0 Å². The molecular weight excluding hydrogens is 453 g/mol. The first-order chi connectivity index (χ1) is 15.8. The minimum absolute atomic E-state index is 0.835. The Bertz CT molecular complexity index is 787.